The smallest absolute Gasteiger partial charge is 0.173 e. The molecule has 0 aliphatic heterocycles. The summed E-state index contributed by atoms with van der Waals surface area (Å²) in [5.74, 6) is 0.0434. The number of nitrogens with zero attached hydrogens (tertiary/aromatic N) is 2. The lowest BCUT2D eigenvalue weighted by Crippen LogP contribution is -2.20. The Balaban J connectivity index is 1.97. The van der Waals surface area contributed by atoms with E-state index >= 15 is 0 Å². The summed E-state index contributed by atoms with van der Waals surface area (Å²) in [6.45, 7) is 0. The van der Waals surface area contributed by atoms with Crippen LogP contribution >= 0.6 is 0 Å². The lowest BCUT2D eigenvalue weighted by atomic mass is 9.82. The van der Waals surface area contributed by atoms with E-state index in [9.17, 15) is 4.79 Å². The van der Waals surface area contributed by atoms with E-state index in [0.717, 1.165) is 25.0 Å². The minimum atomic E-state index is -0.0980. The minimum Gasteiger partial charge on any atom is -0.293 e. The zero-order chi connectivity index (χ0) is 12.4. The second-order valence-corrected chi connectivity index (χ2v) is 4.60. The molecule has 18 heavy (non-hydrogen) atoms. The monoisotopic (exact) mass is 238 g/mol. The number of carbonyl (C=O) groups is 1. The topological polar surface area (TPSA) is 42.9 Å². The Bertz CT molecular complexity index is 566. The van der Waals surface area contributed by atoms with Crippen molar-refractivity contribution in [3.8, 4) is 0 Å². The molecule has 1 aliphatic carbocycles. The van der Waals surface area contributed by atoms with Crippen molar-refractivity contribution in [2.75, 3.05) is 0 Å². The number of aromatic nitrogens is 2. The molecule has 0 spiro atoms. The molecule has 0 aromatic carbocycles. The van der Waals surface area contributed by atoms with E-state index in [1.165, 1.54) is 5.56 Å². The first-order valence-corrected chi connectivity index (χ1v) is 6.24. The van der Waals surface area contributed by atoms with Gasteiger partial charge in [0.25, 0.3) is 0 Å². The van der Waals surface area contributed by atoms with Gasteiger partial charge in [-0.15, -0.1) is 0 Å². The zero-order valence-corrected chi connectivity index (χ0v) is 10.0. The molecule has 2 heterocycles. The molecular formula is C15H14N2O. The van der Waals surface area contributed by atoms with Gasteiger partial charge in [0, 0.05) is 24.2 Å². The van der Waals surface area contributed by atoms with Crippen LogP contribution in [0.4, 0.5) is 0 Å². The lowest BCUT2D eigenvalue weighted by molar-refractivity contribution is 0.0948. The number of Topliss-reactive ketones (excluding diaryl/α,β-unsaturated/α-hetero) is 1. The summed E-state index contributed by atoms with van der Waals surface area (Å²) in [7, 11) is 0. The van der Waals surface area contributed by atoms with Crippen molar-refractivity contribution in [3.05, 3.63) is 59.7 Å². The number of rotatable bonds is 2. The Morgan fingerprint density at radius 3 is 2.94 bits per heavy atom. The molecule has 0 saturated carbocycles. The van der Waals surface area contributed by atoms with Gasteiger partial charge in [-0.2, -0.15) is 0 Å². The van der Waals surface area contributed by atoms with Crippen molar-refractivity contribution in [1.29, 1.82) is 0 Å². The Labute approximate surface area is 106 Å². The highest BCUT2D eigenvalue weighted by Crippen LogP contribution is 2.32. The molecule has 3 heteroatoms. The normalized spacial score (nSPS) is 18.1. The standard InChI is InChI=1S/C15H14N2O/c18-15(12-6-2-8-16-10-12)13-7-1-4-11-5-3-9-17-14(11)13/h2-3,5-6,8-10,13H,1,4,7H2. The highest BCUT2D eigenvalue weighted by molar-refractivity contribution is 6.00. The maximum atomic E-state index is 12.5. The van der Waals surface area contributed by atoms with Crippen molar-refractivity contribution in [2.24, 2.45) is 0 Å². The quantitative estimate of drug-likeness (QED) is 0.755. The Kier molecular flexibility index (Phi) is 2.89. The zero-order valence-electron chi connectivity index (χ0n) is 10.0. The Morgan fingerprint density at radius 1 is 1.22 bits per heavy atom. The van der Waals surface area contributed by atoms with Gasteiger partial charge in [-0.1, -0.05) is 6.07 Å². The van der Waals surface area contributed by atoms with E-state index < -0.39 is 0 Å². The first-order valence-electron chi connectivity index (χ1n) is 6.24. The van der Waals surface area contributed by atoms with Crippen LogP contribution in [-0.2, 0) is 6.42 Å². The predicted octanol–water partition coefficient (Wildman–Crippen LogP) is 2.78. The lowest BCUT2D eigenvalue weighted by Gasteiger charge is -2.22. The molecule has 90 valence electrons. The van der Waals surface area contributed by atoms with Gasteiger partial charge in [-0.3, -0.25) is 14.8 Å². The first-order chi connectivity index (χ1) is 8.86. The average Bonchev–Trinajstić information content (AvgIpc) is 2.47. The second-order valence-electron chi connectivity index (χ2n) is 4.60. The van der Waals surface area contributed by atoms with E-state index in [2.05, 4.69) is 16.0 Å². The molecule has 0 saturated heterocycles. The molecule has 3 rings (SSSR count). The van der Waals surface area contributed by atoms with Crippen molar-refractivity contribution in [1.82, 2.24) is 9.97 Å². The SMILES string of the molecule is O=C(c1cccnc1)C1CCCc2cccnc21. The molecule has 1 aliphatic rings. The third kappa shape index (κ3) is 1.92. The number of carbonyl (C=O) groups excluding carboxylic acids is 1. The van der Waals surface area contributed by atoms with Crippen LogP contribution in [0.25, 0.3) is 0 Å². The fraction of sp³-hybridized carbons (Fsp3) is 0.267. The third-order valence-electron chi connectivity index (χ3n) is 3.46. The van der Waals surface area contributed by atoms with Gasteiger partial charge in [0.2, 0.25) is 0 Å². The third-order valence-corrected chi connectivity index (χ3v) is 3.46. The summed E-state index contributed by atoms with van der Waals surface area (Å²) < 4.78 is 0. The average molecular weight is 238 g/mol. The van der Waals surface area contributed by atoms with Crippen LogP contribution in [0.5, 0.6) is 0 Å². The van der Waals surface area contributed by atoms with Crippen molar-refractivity contribution >= 4 is 5.78 Å². The van der Waals surface area contributed by atoms with Crippen LogP contribution in [0, 0.1) is 0 Å². The molecular weight excluding hydrogens is 224 g/mol. The largest absolute Gasteiger partial charge is 0.293 e. The fourth-order valence-electron chi connectivity index (χ4n) is 2.57. The van der Waals surface area contributed by atoms with Gasteiger partial charge in [0.05, 0.1) is 11.6 Å². The summed E-state index contributed by atoms with van der Waals surface area (Å²) in [4.78, 5) is 20.9. The number of ketones is 1. The van der Waals surface area contributed by atoms with Crippen LogP contribution in [0.2, 0.25) is 0 Å². The molecule has 0 bridgehead atoms. The highest BCUT2D eigenvalue weighted by atomic mass is 16.1. The molecule has 1 atom stereocenters. The second kappa shape index (κ2) is 4.69. The number of fused-ring (bicyclic) bond motifs is 1. The van der Waals surface area contributed by atoms with Gasteiger partial charge < -0.3 is 0 Å². The fourth-order valence-corrected chi connectivity index (χ4v) is 2.57. The molecule has 0 N–H and O–H groups in total. The molecule has 1 unspecified atom stereocenters. The van der Waals surface area contributed by atoms with Crippen LogP contribution in [0.15, 0.2) is 42.9 Å². The Morgan fingerprint density at radius 2 is 2.11 bits per heavy atom. The van der Waals surface area contributed by atoms with E-state index in [0.29, 0.717) is 5.56 Å². The van der Waals surface area contributed by atoms with Gasteiger partial charge in [0.1, 0.15) is 0 Å². The molecule has 3 nitrogen and oxygen atoms in total. The van der Waals surface area contributed by atoms with Crippen LogP contribution in [0.3, 0.4) is 0 Å². The van der Waals surface area contributed by atoms with Crippen molar-refractivity contribution < 1.29 is 4.79 Å². The molecule has 2 aromatic heterocycles. The highest BCUT2D eigenvalue weighted by Gasteiger charge is 2.28. The molecule has 0 amide bonds. The number of pyridine rings is 2. The van der Waals surface area contributed by atoms with E-state index in [1.54, 1.807) is 24.7 Å². The Hall–Kier alpha value is -2.03. The van der Waals surface area contributed by atoms with Gasteiger partial charge in [0.15, 0.2) is 5.78 Å². The van der Waals surface area contributed by atoms with Gasteiger partial charge in [-0.25, -0.2) is 0 Å². The van der Waals surface area contributed by atoms with Crippen molar-refractivity contribution in [2.45, 2.75) is 25.2 Å². The molecule has 0 radical (unpaired) electrons. The van der Waals surface area contributed by atoms with Gasteiger partial charge in [-0.05, 0) is 43.0 Å². The minimum absolute atomic E-state index is 0.0980. The number of hydrogen-bond acceptors (Lipinski definition) is 3. The number of aryl methyl sites for hydroxylation is 1. The maximum absolute atomic E-state index is 12.5. The van der Waals surface area contributed by atoms with E-state index in [1.807, 2.05) is 12.1 Å². The van der Waals surface area contributed by atoms with Crippen LogP contribution in [0.1, 0.15) is 40.4 Å². The summed E-state index contributed by atoms with van der Waals surface area (Å²) in [5, 5.41) is 0. The summed E-state index contributed by atoms with van der Waals surface area (Å²) in [6.07, 6.45) is 8.06. The van der Waals surface area contributed by atoms with Gasteiger partial charge >= 0.3 is 0 Å². The molecule has 2 aromatic rings. The maximum Gasteiger partial charge on any atom is 0.173 e. The van der Waals surface area contributed by atoms with Crippen LogP contribution in [-0.4, -0.2) is 15.8 Å². The predicted molar refractivity (Wildman–Crippen MR) is 68.5 cm³/mol. The number of hydrogen-bond donors (Lipinski definition) is 0. The summed E-state index contributed by atoms with van der Waals surface area (Å²) >= 11 is 0. The summed E-state index contributed by atoms with van der Waals surface area (Å²) in [6, 6.07) is 7.64. The first kappa shape index (κ1) is 11.1. The van der Waals surface area contributed by atoms with E-state index in [-0.39, 0.29) is 11.7 Å². The van der Waals surface area contributed by atoms with E-state index in [4.69, 9.17) is 0 Å². The van der Waals surface area contributed by atoms with Crippen molar-refractivity contribution in [3.63, 3.8) is 0 Å². The molecule has 0 fully saturated rings. The summed E-state index contributed by atoms with van der Waals surface area (Å²) in [5.41, 5.74) is 2.85. The van der Waals surface area contributed by atoms with Crippen LogP contribution < -0.4 is 0 Å².